The van der Waals surface area contributed by atoms with E-state index in [0.717, 1.165) is 5.56 Å². The molecule has 2 fully saturated rings. The maximum absolute atomic E-state index is 13.6. The fourth-order valence-electron chi connectivity index (χ4n) is 4.37. The monoisotopic (exact) mass is 399 g/mol. The number of carbonyl (C=O) groups excluding carboxylic acids is 1. The maximum atomic E-state index is 13.6. The molecule has 0 saturated carbocycles. The minimum Gasteiger partial charge on any atom is -0.381 e. The second-order valence-corrected chi connectivity index (χ2v) is 9.81. The molecule has 0 bridgehead atoms. The Bertz CT molecular complexity index is 922. The Morgan fingerprint density at radius 3 is 2.21 bits per heavy atom. The van der Waals surface area contributed by atoms with Crippen LogP contribution in [0.15, 0.2) is 65.6 Å². The van der Waals surface area contributed by atoms with E-state index in [4.69, 9.17) is 4.74 Å². The van der Waals surface area contributed by atoms with E-state index in [1.807, 2.05) is 30.3 Å². The number of nitrogens with zero attached hydrogens (tertiary/aromatic N) is 1. The Balaban J connectivity index is 1.58. The summed E-state index contributed by atoms with van der Waals surface area (Å²) in [5.41, 5.74) is 0.378. The lowest BCUT2D eigenvalue weighted by Gasteiger charge is -2.39. The number of likely N-dealkylation sites (tertiary alicyclic amines) is 1. The van der Waals surface area contributed by atoms with Gasteiger partial charge in [0.25, 0.3) is 0 Å². The summed E-state index contributed by atoms with van der Waals surface area (Å²) in [6.45, 7) is 1.82. The van der Waals surface area contributed by atoms with Gasteiger partial charge >= 0.3 is 0 Å². The molecule has 4 rings (SSSR count). The van der Waals surface area contributed by atoms with Crippen LogP contribution in [0.4, 0.5) is 0 Å². The molecule has 2 heterocycles. The van der Waals surface area contributed by atoms with Crippen LogP contribution in [0.2, 0.25) is 0 Å². The van der Waals surface area contributed by atoms with Gasteiger partial charge in [0.15, 0.2) is 9.84 Å². The van der Waals surface area contributed by atoms with Crippen molar-refractivity contribution in [3.8, 4) is 0 Å². The zero-order valence-corrected chi connectivity index (χ0v) is 16.6. The normalized spacial score (nSPS) is 22.1. The third-order valence-corrected chi connectivity index (χ3v) is 8.22. The molecule has 1 amide bonds. The molecule has 0 aliphatic carbocycles. The first-order chi connectivity index (χ1) is 13.5. The molecule has 2 aromatic rings. The van der Waals surface area contributed by atoms with E-state index >= 15 is 0 Å². The van der Waals surface area contributed by atoms with E-state index in [1.165, 1.54) is 0 Å². The van der Waals surface area contributed by atoms with E-state index in [9.17, 15) is 13.2 Å². The summed E-state index contributed by atoms with van der Waals surface area (Å²) in [6, 6.07) is 18.4. The summed E-state index contributed by atoms with van der Waals surface area (Å²) < 4.78 is 31.5. The predicted molar refractivity (Wildman–Crippen MR) is 107 cm³/mol. The molecule has 0 spiro atoms. The molecule has 0 radical (unpaired) electrons. The molecule has 2 aliphatic rings. The molecular weight excluding hydrogens is 374 g/mol. The van der Waals surface area contributed by atoms with Crippen molar-refractivity contribution in [1.29, 1.82) is 0 Å². The van der Waals surface area contributed by atoms with Crippen LogP contribution in [0.25, 0.3) is 0 Å². The second kappa shape index (κ2) is 7.68. The van der Waals surface area contributed by atoms with Gasteiger partial charge in [-0.05, 0) is 37.0 Å². The topological polar surface area (TPSA) is 63.7 Å². The van der Waals surface area contributed by atoms with E-state index < -0.39 is 20.5 Å². The van der Waals surface area contributed by atoms with Gasteiger partial charge in [-0.15, -0.1) is 0 Å². The minimum atomic E-state index is -3.44. The number of carbonyl (C=O) groups is 1. The van der Waals surface area contributed by atoms with Crippen molar-refractivity contribution in [2.45, 2.75) is 34.8 Å². The highest BCUT2D eigenvalue weighted by atomic mass is 32.2. The van der Waals surface area contributed by atoms with Crippen LogP contribution in [0.3, 0.4) is 0 Å². The van der Waals surface area contributed by atoms with Crippen molar-refractivity contribution in [3.63, 3.8) is 0 Å². The molecule has 1 unspecified atom stereocenters. The summed E-state index contributed by atoms with van der Waals surface area (Å²) in [6.07, 6.45) is 1.73. The van der Waals surface area contributed by atoms with Crippen molar-refractivity contribution in [2.24, 2.45) is 0 Å². The average Bonchev–Trinajstić information content (AvgIpc) is 3.26. The summed E-state index contributed by atoms with van der Waals surface area (Å²) in [4.78, 5) is 15.7. The van der Waals surface area contributed by atoms with E-state index in [-0.39, 0.29) is 12.5 Å². The summed E-state index contributed by atoms with van der Waals surface area (Å²) in [5, 5.41) is -0.550. The zero-order valence-electron chi connectivity index (χ0n) is 15.8. The highest BCUT2D eigenvalue weighted by Crippen LogP contribution is 2.38. The Morgan fingerprint density at radius 2 is 1.57 bits per heavy atom. The fraction of sp³-hybridized carbons (Fsp3) is 0.409. The van der Waals surface area contributed by atoms with Crippen LogP contribution in [0.5, 0.6) is 0 Å². The number of sulfone groups is 1. The molecule has 148 valence electrons. The van der Waals surface area contributed by atoms with Gasteiger partial charge in [0.2, 0.25) is 5.91 Å². The maximum Gasteiger partial charge on any atom is 0.233 e. The smallest absolute Gasteiger partial charge is 0.233 e. The molecular formula is C22H25NO4S. The number of hydrogen-bond acceptors (Lipinski definition) is 4. The summed E-state index contributed by atoms with van der Waals surface area (Å²) >= 11 is 0. The highest BCUT2D eigenvalue weighted by Gasteiger charge is 2.47. The molecule has 28 heavy (non-hydrogen) atoms. The van der Waals surface area contributed by atoms with Gasteiger partial charge in [0, 0.05) is 26.3 Å². The van der Waals surface area contributed by atoms with Crippen LogP contribution >= 0.6 is 0 Å². The van der Waals surface area contributed by atoms with E-state index in [1.54, 1.807) is 35.2 Å². The van der Waals surface area contributed by atoms with Gasteiger partial charge in [-0.25, -0.2) is 8.42 Å². The van der Waals surface area contributed by atoms with Crippen LogP contribution in [0.1, 0.15) is 24.8 Å². The Labute approximate surface area is 166 Å². The van der Waals surface area contributed by atoms with Crippen molar-refractivity contribution in [1.82, 2.24) is 4.90 Å². The fourth-order valence-corrected chi connectivity index (χ4v) is 6.09. The Hall–Kier alpha value is -2.18. The molecule has 2 aromatic carbocycles. The lowest BCUT2D eigenvalue weighted by Crippen LogP contribution is -2.49. The number of amides is 1. The lowest BCUT2D eigenvalue weighted by atomic mass is 9.73. The van der Waals surface area contributed by atoms with Gasteiger partial charge in [-0.1, -0.05) is 48.5 Å². The second-order valence-electron chi connectivity index (χ2n) is 7.58. The van der Waals surface area contributed by atoms with Gasteiger partial charge < -0.3 is 9.64 Å². The van der Waals surface area contributed by atoms with Crippen LogP contribution in [-0.2, 0) is 24.8 Å². The number of ether oxygens (including phenoxy) is 1. The van der Waals surface area contributed by atoms with Gasteiger partial charge in [-0.2, -0.15) is 0 Å². The van der Waals surface area contributed by atoms with Crippen LogP contribution in [0, 0.1) is 0 Å². The molecule has 2 saturated heterocycles. The molecule has 2 aliphatic heterocycles. The molecule has 5 nitrogen and oxygen atoms in total. The third kappa shape index (κ3) is 3.35. The van der Waals surface area contributed by atoms with Crippen molar-refractivity contribution >= 4 is 15.7 Å². The SMILES string of the molecule is O=C(N1CCC(S(=O)(=O)c2ccccc2)C1)C1(c2ccccc2)CCOCC1. The summed E-state index contributed by atoms with van der Waals surface area (Å²) in [5.74, 6) is 0.0350. The largest absolute Gasteiger partial charge is 0.381 e. The standard InChI is InChI=1S/C22H25NO4S/c24-21(22(12-15-27-16-13-22)18-7-3-1-4-8-18)23-14-11-20(17-23)28(25,26)19-9-5-2-6-10-19/h1-10,20H,11-17H2. The molecule has 1 atom stereocenters. The highest BCUT2D eigenvalue weighted by molar-refractivity contribution is 7.92. The van der Waals surface area contributed by atoms with Gasteiger partial charge in [0.05, 0.1) is 15.6 Å². The average molecular weight is 400 g/mol. The molecule has 6 heteroatoms. The Kier molecular flexibility index (Phi) is 5.25. The number of rotatable bonds is 4. The van der Waals surface area contributed by atoms with Crippen molar-refractivity contribution in [2.75, 3.05) is 26.3 Å². The first-order valence-corrected chi connectivity index (χ1v) is 11.3. The van der Waals surface area contributed by atoms with Crippen LogP contribution in [-0.4, -0.2) is 50.8 Å². The molecule has 0 aromatic heterocycles. The Morgan fingerprint density at radius 1 is 0.964 bits per heavy atom. The number of benzene rings is 2. The third-order valence-electron chi connectivity index (χ3n) is 6.02. The summed E-state index contributed by atoms with van der Waals surface area (Å²) in [7, 11) is -3.44. The molecule has 0 N–H and O–H groups in total. The van der Waals surface area contributed by atoms with Crippen molar-refractivity contribution in [3.05, 3.63) is 66.2 Å². The minimum absolute atomic E-state index is 0.0350. The lowest BCUT2D eigenvalue weighted by molar-refractivity contribution is -0.140. The quantitative estimate of drug-likeness (QED) is 0.793. The van der Waals surface area contributed by atoms with Gasteiger partial charge in [-0.3, -0.25) is 4.79 Å². The van der Waals surface area contributed by atoms with Crippen LogP contribution < -0.4 is 0 Å². The van der Waals surface area contributed by atoms with Gasteiger partial charge in [0.1, 0.15) is 0 Å². The predicted octanol–water partition coefficient (Wildman–Crippen LogP) is 2.81. The first-order valence-electron chi connectivity index (χ1n) is 9.76. The van der Waals surface area contributed by atoms with E-state index in [0.29, 0.717) is 43.9 Å². The zero-order chi connectivity index (χ0) is 19.6. The number of hydrogen-bond donors (Lipinski definition) is 0. The van der Waals surface area contributed by atoms with E-state index in [2.05, 4.69) is 0 Å². The van der Waals surface area contributed by atoms with Crippen molar-refractivity contribution < 1.29 is 17.9 Å². The first kappa shape index (κ1) is 19.2.